The average molecular weight is 1100 g/mol. The zero-order chi connectivity index (χ0) is 53.5. The number of rotatable bonds is 7. The van der Waals surface area contributed by atoms with Crippen molar-refractivity contribution in [2.75, 3.05) is 46.2 Å². The van der Waals surface area contributed by atoms with Gasteiger partial charge in [0, 0.05) is 0 Å². The van der Waals surface area contributed by atoms with Crippen LogP contribution in [-0.2, 0) is 75.8 Å². The van der Waals surface area contributed by atoms with Crippen LogP contribution in [0.2, 0.25) is 0 Å². The molecule has 0 unspecified atom stereocenters. The Kier molecular flexibility index (Phi) is 17.7. The third-order valence-electron chi connectivity index (χ3n) is 15.2. The fraction of sp³-hybridized carbons (Fsp3) is 1.00. The van der Waals surface area contributed by atoms with E-state index in [4.69, 9.17) is 75.8 Å². The Bertz CT molecular complexity index is 1860. The van der Waals surface area contributed by atoms with E-state index in [-0.39, 0.29) is 0 Å². The summed E-state index contributed by atoms with van der Waals surface area (Å²) in [6, 6.07) is 0. The first-order valence-electron chi connectivity index (χ1n) is 24.5. The molecule has 75 heavy (non-hydrogen) atoms. The molecule has 35 atom stereocenters. The van der Waals surface area contributed by atoms with Crippen molar-refractivity contribution in [3.05, 3.63) is 0 Å². The largest absolute Gasteiger partial charge is 0.394 e. The van der Waals surface area contributed by atoms with Crippen molar-refractivity contribution in [1.82, 2.24) is 0 Å². The topological polar surface area (TPSA) is 498 Å². The Hall–Kier alpha value is -1.32. The highest BCUT2D eigenvalue weighted by molar-refractivity contribution is 5.07. The van der Waals surface area contributed by atoms with Crippen LogP contribution in [0.4, 0.5) is 0 Å². The van der Waals surface area contributed by atoms with E-state index in [0.29, 0.717) is 0 Å². The van der Waals surface area contributed by atoms with Gasteiger partial charge in [0.25, 0.3) is 0 Å². The fourth-order valence-corrected chi connectivity index (χ4v) is 10.9. The third kappa shape index (κ3) is 10.6. The van der Waals surface area contributed by atoms with Gasteiger partial charge in [-0.15, -0.1) is 0 Å². The van der Waals surface area contributed by atoms with Crippen LogP contribution in [0.15, 0.2) is 0 Å². The summed E-state index contributed by atoms with van der Waals surface area (Å²) in [4.78, 5) is 0. The maximum absolute atomic E-state index is 11.4. The molecule has 0 aromatic carbocycles. The molecule has 0 spiro atoms. The van der Waals surface area contributed by atoms with E-state index in [0.717, 1.165) is 0 Å². The van der Waals surface area contributed by atoms with Crippen molar-refractivity contribution >= 4 is 0 Å². The molecule has 33 heteroatoms. The summed E-state index contributed by atoms with van der Waals surface area (Å²) in [5.41, 5.74) is 0. The molecule has 0 saturated carbocycles. The SMILES string of the molecule is OC[C@H]1O[C@@H]2O[C@H]3[C@H](O)[C@@H](O)[C@@H](O[C@H]4[C@@H]5O[C@@H]5[C@@H](O[C@H]5[C@H](O)[C@@H](O)[C@@H](O[C@H]6[C@@H]7O[C@@H]7[C@@H](O[C@H]7[C@H](O)[C@@H](O)[C@@H](O[C@H]8[C@H](O)[C@@H](O)[C@@H](O[C@H]1[C@H](O)[C@H]2O)O[C@@H]8CO)O[C@@H]7CO)O[C@@H]6CO)O[C@@H]5CO)O[C@@H]4CO)O[C@@H]3CO. The van der Waals surface area contributed by atoms with Crippen molar-refractivity contribution in [2.24, 2.45) is 0 Å². The van der Waals surface area contributed by atoms with Crippen molar-refractivity contribution < 1.29 is 163 Å². The van der Waals surface area contributed by atoms with Gasteiger partial charge >= 0.3 is 0 Å². The van der Waals surface area contributed by atoms with Crippen LogP contribution in [0.25, 0.3) is 0 Å². The number of fused-ring (bicyclic) bond motifs is 2. The van der Waals surface area contributed by atoms with Gasteiger partial charge in [0.2, 0.25) is 0 Å². The number of aliphatic hydroxyl groups is 17. The van der Waals surface area contributed by atoms with Crippen LogP contribution < -0.4 is 0 Å². The maximum Gasteiger partial charge on any atom is 0.187 e. The molecule has 0 radical (unpaired) electrons. The van der Waals surface area contributed by atoms with Crippen LogP contribution in [-0.4, -0.2) is 348 Å². The Morgan fingerprint density at radius 3 is 0.547 bits per heavy atom. The summed E-state index contributed by atoms with van der Waals surface area (Å²) >= 11 is 0. The smallest absolute Gasteiger partial charge is 0.187 e. The molecule has 0 aliphatic carbocycles. The Balaban J connectivity index is 0.908. The molecule has 21 aliphatic heterocycles. The molecule has 21 heterocycles. The minimum atomic E-state index is -2.14. The average Bonchev–Trinajstić information content (AvgIpc) is 4.37. The van der Waals surface area contributed by atoms with E-state index in [9.17, 15) is 86.8 Å². The van der Waals surface area contributed by atoms with Gasteiger partial charge in [0.1, 0.15) is 171 Å². The van der Waals surface area contributed by atoms with Crippen molar-refractivity contribution in [3.63, 3.8) is 0 Å². The second-order valence-corrected chi connectivity index (χ2v) is 19.8. The van der Waals surface area contributed by atoms with Crippen molar-refractivity contribution in [2.45, 2.75) is 215 Å². The number of hydrogen-bond donors (Lipinski definition) is 17. The van der Waals surface area contributed by atoms with Gasteiger partial charge in [0.15, 0.2) is 44.0 Å². The molecule has 21 rings (SSSR count). The second-order valence-electron chi connectivity index (χ2n) is 19.8. The fourth-order valence-electron chi connectivity index (χ4n) is 10.9. The van der Waals surface area contributed by atoms with Crippen LogP contribution in [0.1, 0.15) is 0 Å². The summed E-state index contributed by atoms with van der Waals surface area (Å²) in [5, 5.41) is 186. The van der Waals surface area contributed by atoms with E-state index >= 15 is 0 Å². The van der Waals surface area contributed by atoms with E-state index < -0.39 is 261 Å². The first-order valence-corrected chi connectivity index (χ1v) is 24.5. The highest BCUT2D eigenvalue weighted by atomic mass is 16.8. The number of hydrogen-bond acceptors (Lipinski definition) is 33. The van der Waals surface area contributed by atoms with Crippen molar-refractivity contribution in [1.29, 1.82) is 0 Å². The maximum atomic E-state index is 11.4. The van der Waals surface area contributed by atoms with E-state index in [2.05, 4.69) is 0 Å². The van der Waals surface area contributed by atoms with E-state index in [1.807, 2.05) is 0 Å². The summed E-state index contributed by atoms with van der Waals surface area (Å²) in [5.74, 6) is 0. The molecule has 432 valence electrons. The van der Waals surface area contributed by atoms with Gasteiger partial charge in [-0.05, 0) is 0 Å². The Morgan fingerprint density at radius 2 is 0.333 bits per heavy atom. The van der Waals surface area contributed by atoms with Gasteiger partial charge in [-0.3, -0.25) is 0 Å². The molecular weight excluding hydrogens is 1030 g/mol. The molecular formula is C42H66O33. The summed E-state index contributed by atoms with van der Waals surface area (Å²) < 4.78 is 93.5. The van der Waals surface area contributed by atoms with Crippen molar-refractivity contribution in [3.8, 4) is 0 Å². The predicted molar refractivity (Wildman–Crippen MR) is 222 cm³/mol. The number of epoxide rings is 2. The van der Waals surface area contributed by atoms with E-state index in [1.165, 1.54) is 0 Å². The van der Waals surface area contributed by atoms with Gasteiger partial charge in [-0.1, -0.05) is 0 Å². The molecule has 21 saturated heterocycles. The Morgan fingerprint density at radius 1 is 0.160 bits per heavy atom. The van der Waals surface area contributed by atoms with Crippen LogP contribution in [0.5, 0.6) is 0 Å². The van der Waals surface area contributed by atoms with Crippen LogP contribution in [0.3, 0.4) is 0 Å². The lowest BCUT2D eigenvalue weighted by molar-refractivity contribution is -0.392. The number of aliphatic hydroxyl groups excluding tert-OH is 17. The first kappa shape index (κ1) is 56.9. The van der Waals surface area contributed by atoms with Gasteiger partial charge < -0.3 is 163 Å². The van der Waals surface area contributed by atoms with Gasteiger partial charge in [0.05, 0.1) is 46.2 Å². The highest BCUT2D eigenvalue weighted by Gasteiger charge is 2.65. The van der Waals surface area contributed by atoms with Gasteiger partial charge in [-0.2, -0.15) is 0 Å². The zero-order valence-corrected chi connectivity index (χ0v) is 39.3. The molecule has 33 nitrogen and oxygen atoms in total. The molecule has 21 fully saturated rings. The molecule has 14 bridgehead atoms. The van der Waals surface area contributed by atoms with Crippen LogP contribution >= 0.6 is 0 Å². The highest BCUT2D eigenvalue weighted by Crippen LogP contribution is 2.45. The second kappa shape index (κ2) is 23.3. The summed E-state index contributed by atoms with van der Waals surface area (Å²) in [6.45, 7) is -6.20. The standard InChI is InChI=1S/C42H66O33/c43-1-8-25-15(50)21(56)37(61-8)71-27-10(3-45)63-39(23(58)17(27)52)74-30-13(6-48)66-42(35-32(30)67-35)73-29-12(5-47)64-40(24(59)19(29)54)75-31-14(7-49)65-41(34-33(31)68-34)72-28-11(4-46)62-38(22(57)18(28)53)70-26-9(2-44)60-36(69-25)20(55)16(26)51/h8-59H,1-7H2/t8-,9-,10-,11-,12-,13-,14-,15-,16-,17-,18-,19-,20-,21-,22-,23-,24-,25-,26-,27-,28-,29-,30-,31-,32+,33+,34+,35+,36-,37-,38-,39-,40-,41-,42-/m1/s1. The minimum absolute atomic E-state index is 0.778. The van der Waals surface area contributed by atoms with E-state index in [1.54, 1.807) is 0 Å². The monoisotopic (exact) mass is 1100 g/mol. The van der Waals surface area contributed by atoms with Gasteiger partial charge in [-0.25, -0.2) is 0 Å². The molecule has 17 N–H and O–H groups in total. The molecule has 0 aromatic rings. The quantitative estimate of drug-likeness (QED) is 0.105. The minimum Gasteiger partial charge on any atom is -0.394 e. The first-order chi connectivity index (χ1) is 36.0. The number of ether oxygens (including phenoxy) is 16. The zero-order valence-electron chi connectivity index (χ0n) is 39.3. The normalized spacial score (nSPS) is 57.3. The molecule has 0 aromatic heterocycles. The lowest BCUT2D eigenvalue weighted by Crippen LogP contribution is -2.68. The lowest BCUT2D eigenvalue weighted by Gasteiger charge is -2.49. The third-order valence-corrected chi connectivity index (χ3v) is 15.2. The van der Waals surface area contributed by atoms with Crippen LogP contribution in [0, 0.1) is 0 Å². The summed E-state index contributed by atoms with van der Waals surface area (Å²) in [6.07, 6.45) is -58.2. The predicted octanol–water partition coefficient (Wildman–Crippen LogP) is -13.1. The lowest BCUT2D eigenvalue weighted by atomic mass is 9.95. The molecule has 0 amide bonds. The summed E-state index contributed by atoms with van der Waals surface area (Å²) in [7, 11) is 0. The Labute approximate surface area is 423 Å². The molecule has 21 aliphatic rings.